The highest BCUT2D eigenvalue weighted by Gasteiger charge is 2.32. The highest BCUT2D eigenvalue weighted by atomic mass is 19.1. The normalized spacial score (nSPS) is 23.8. The third-order valence-electron chi connectivity index (χ3n) is 4.56. The number of rotatable bonds is 6. The van der Waals surface area contributed by atoms with Gasteiger partial charge in [-0.25, -0.2) is 4.39 Å². The minimum atomic E-state index is -0.521. The SMILES string of the molecule is O[C@@H]1[C@@H](NCCc2ccc(F)cc2)CCC[C@H]1Oc1ccccc1. The Balaban J connectivity index is 1.49. The van der Waals surface area contributed by atoms with E-state index in [0.717, 1.165) is 43.5 Å². The molecule has 128 valence electrons. The van der Waals surface area contributed by atoms with E-state index in [9.17, 15) is 9.50 Å². The smallest absolute Gasteiger partial charge is 0.126 e. The van der Waals surface area contributed by atoms with Crippen molar-refractivity contribution in [1.29, 1.82) is 0 Å². The van der Waals surface area contributed by atoms with Gasteiger partial charge in [0.15, 0.2) is 0 Å². The fourth-order valence-electron chi connectivity index (χ4n) is 3.22. The quantitative estimate of drug-likeness (QED) is 0.854. The van der Waals surface area contributed by atoms with E-state index in [0.29, 0.717) is 0 Å². The highest BCUT2D eigenvalue weighted by Crippen LogP contribution is 2.24. The average Bonchev–Trinajstić information content (AvgIpc) is 2.61. The van der Waals surface area contributed by atoms with Crippen molar-refractivity contribution in [3.63, 3.8) is 0 Å². The van der Waals surface area contributed by atoms with Gasteiger partial charge < -0.3 is 15.2 Å². The molecule has 24 heavy (non-hydrogen) atoms. The standard InChI is InChI=1S/C20H24FNO2/c21-16-11-9-15(10-12-16)13-14-22-18-7-4-8-19(20(18)23)24-17-5-2-1-3-6-17/h1-3,5-6,9-12,18-20,22-23H,4,7-8,13-14H2/t18-,19+,20+/m0/s1. The first-order chi connectivity index (χ1) is 11.7. The minimum absolute atomic E-state index is 0.0351. The van der Waals surface area contributed by atoms with Gasteiger partial charge in [-0.15, -0.1) is 0 Å². The summed E-state index contributed by atoms with van der Waals surface area (Å²) in [5.41, 5.74) is 1.09. The van der Waals surface area contributed by atoms with Crippen molar-refractivity contribution in [2.45, 2.75) is 43.9 Å². The van der Waals surface area contributed by atoms with Crippen LogP contribution in [0.2, 0.25) is 0 Å². The summed E-state index contributed by atoms with van der Waals surface area (Å²) < 4.78 is 18.9. The van der Waals surface area contributed by atoms with E-state index in [2.05, 4.69) is 5.32 Å². The highest BCUT2D eigenvalue weighted by molar-refractivity contribution is 5.21. The lowest BCUT2D eigenvalue weighted by Gasteiger charge is -2.35. The molecule has 0 saturated heterocycles. The van der Waals surface area contributed by atoms with Crippen LogP contribution >= 0.6 is 0 Å². The Morgan fingerprint density at radius 1 is 1.04 bits per heavy atom. The molecule has 0 aliphatic heterocycles. The molecule has 1 fully saturated rings. The molecule has 4 heteroatoms. The zero-order chi connectivity index (χ0) is 16.8. The fraction of sp³-hybridized carbons (Fsp3) is 0.400. The number of benzene rings is 2. The predicted molar refractivity (Wildman–Crippen MR) is 92.6 cm³/mol. The van der Waals surface area contributed by atoms with Gasteiger partial charge in [0, 0.05) is 6.04 Å². The first-order valence-corrected chi connectivity index (χ1v) is 8.60. The molecule has 0 radical (unpaired) electrons. The lowest BCUT2D eigenvalue weighted by molar-refractivity contribution is -0.0151. The second-order valence-electron chi connectivity index (χ2n) is 6.33. The first kappa shape index (κ1) is 16.9. The summed E-state index contributed by atoms with van der Waals surface area (Å²) in [6, 6.07) is 16.2. The third kappa shape index (κ3) is 4.56. The van der Waals surface area contributed by atoms with E-state index in [-0.39, 0.29) is 18.0 Å². The van der Waals surface area contributed by atoms with E-state index >= 15 is 0 Å². The second kappa shape index (κ2) is 8.27. The molecular weight excluding hydrogens is 305 g/mol. The van der Waals surface area contributed by atoms with Crippen LogP contribution in [-0.4, -0.2) is 29.9 Å². The van der Waals surface area contributed by atoms with Crippen LogP contribution in [0.5, 0.6) is 5.75 Å². The van der Waals surface area contributed by atoms with E-state index < -0.39 is 6.10 Å². The van der Waals surface area contributed by atoms with Gasteiger partial charge in [-0.2, -0.15) is 0 Å². The van der Waals surface area contributed by atoms with E-state index in [1.54, 1.807) is 12.1 Å². The number of halogens is 1. The van der Waals surface area contributed by atoms with E-state index in [1.807, 2.05) is 30.3 Å². The number of hydrogen-bond donors (Lipinski definition) is 2. The molecule has 1 aliphatic rings. The minimum Gasteiger partial charge on any atom is -0.488 e. The molecule has 2 aromatic rings. The lowest BCUT2D eigenvalue weighted by Crippen LogP contribution is -2.51. The molecule has 3 rings (SSSR count). The van der Waals surface area contributed by atoms with Crippen LogP contribution in [0.25, 0.3) is 0 Å². The Labute approximate surface area is 142 Å². The molecule has 0 unspecified atom stereocenters. The Hall–Kier alpha value is -1.91. The average molecular weight is 329 g/mol. The van der Waals surface area contributed by atoms with Crippen molar-refractivity contribution in [1.82, 2.24) is 5.32 Å². The number of aliphatic hydroxyl groups is 1. The maximum Gasteiger partial charge on any atom is 0.126 e. The topological polar surface area (TPSA) is 41.5 Å². The molecule has 3 atom stereocenters. The zero-order valence-corrected chi connectivity index (χ0v) is 13.7. The molecule has 3 nitrogen and oxygen atoms in total. The van der Waals surface area contributed by atoms with Crippen molar-refractivity contribution in [2.24, 2.45) is 0 Å². The van der Waals surface area contributed by atoms with Crippen LogP contribution in [0.3, 0.4) is 0 Å². The van der Waals surface area contributed by atoms with Gasteiger partial charge >= 0.3 is 0 Å². The number of nitrogens with one attached hydrogen (secondary N) is 1. The fourth-order valence-corrected chi connectivity index (χ4v) is 3.22. The molecule has 1 saturated carbocycles. The van der Waals surface area contributed by atoms with E-state index in [1.165, 1.54) is 12.1 Å². The van der Waals surface area contributed by atoms with Gasteiger partial charge in [-0.3, -0.25) is 0 Å². The van der Waals surface area contributed by atoms with Crippen LogP contribution in [0.4, 0.5) is 4.39 Å². The first-order valence-electron chi connectivity index (χ1n) is 8.60. The van der Waals surface area contributed by atoms with E-state index in [4.69, 9.17) is 4.74 Å². The summed E-state index contributed by atoms with van der Waals surface area (Å²) in [5, 5.41) is 14.0. The molecule has 0 aromatic heterocycles. The largest absolute Gasteiger partial charge is 0.488 e. The van der Waals surface area contributed by atoms with Gasteiger partial charge in [0.05, 0.1) is 0 Å². The van der Waals surface area contributed by atoms with Gasteiger partial charge in [0.1, 0.15) is 23.8 Å². The van der Waals surface area contributed by atoms with Gasteiger partial charge in [-0.1, -0.05) is 30.3 Å². The van der Waals surface area contributed by atoms with Crippen LogP contribution in [0.1, 0.15) is 24.8 Å². The van der Waals surface area contributed by atoms with Gasteiger partial charge in [0.25, 0.3) is 0 Å². The third-order valence-corrected chi connectivity index (χ3v) is 4.56. The summed E-state index contributed by atoms with van der Waals surface area (Å²) in [4.78, 5) is 0. The second-order valence-corrected chi connectivity index (χ2v) is 6.33. The molecule has 2 aromatic carbocycles. The number of ether oxygens (including phenoxy) is 1. The van der Waals surface area contributed by atoms with Crippen molar-refractivity contribution in [3.8, 4) is 5.75 Å². The Morgan fingerprint density at radius 2 is 1.79 bits per heavy atom. The van der Waals surface area contributed by atoms with Crippen LogP contribution in [0, 0.1) is 5.82 Å². The Bertz CT molecular complexity index is 617. The molecule has 2 N–H and O–H groups in total. The molecular formula is C20H24FNO2. The Kier molecular flexibility index (Phi) is 5.83. The molecule has 1 aliphatic carbocycles. The summed E-state index contributed by atoms with van der Waals surface area (Å²) in [7, 11) is 0. The van der Waals surface area contributed by atoms with Gasteiger partial charge in [0.2, 0.25) is 0 Å². The summed E-state index contributed by atoms with van der Waals surface area (Å²) in [6.07, 6.45) is 2.96. The molecule has 0 spiro atoms. The predicted octanol–water partition coefficient (Wildman–Crippen LogP) is 3.32. The number of para-hydroxylation sites is 1. The number of hydrogen-bond acceptors (Lipinski definition) is 3. The van der Waals surface area contributed by atoms with Crippen molar-refractivity contribution < 1.29 is 14.2 Å². The van der Waals surface area contributed by atoms with Crippen LogP contribution in [0.15, 0.2) is 54.6 Å². The van der Waals surface area contributed by atoms with Crippen molar-refractivity contribution in [3.05, 3.63) is 66.0 Å². The maximum absolute atomic E-state index is 12.9. The summed E-state index contributed by atoms with van der Waals surface area (Å²) >= 11 is 0. The van der Waals surface area contributed by atoms with Crippen LogP contribution in [-0.2, 0) is 6.42 Å². The van der Waals surface area contributed by atoms with Crippen LogP contribution < -0.4 is 10.1 Å². The van der Waals surface area contributed by atoms with Gasteiger partial charge in [-0.05, 0) is 62.1 Å². The summed E-state index contributed by atoms with van der Waals surface area (Å²) in [6.45, 7) is 0.755. The zero-order valence-electron chi connectivity index (χ0n) is 13.7. The molecule has 0 bridgehead atoms. The summed E-state index contributed by atoms with van der Waals surface area (Å²) in [5.74, 6) is 0.587. The lowest BCUT2D eigenvalue weighted by atomic mass is 9.89. The maximum atomic E-state index is 12.9. The van der Waals surface area contributed by atoms with Crippen molar-refractivity contribution in [2.75, 3.05) is 6.54 Å². The molecule has 0 heterocycles. The van der Waals surface area contributed by atoms with Crippen molar-refractivity contribution >= 4 is 0 Å². The Morgan fingerprint density at radius 3 is 2.54 bits per heavy atom. The molecule has 0 amide bonds. The number of aliphatic hydroxyl groups excluding tert-OH is 1. The monoisotopic (exact) mass is 329 g/mol.